The molecule has 0 amide bonds. The van der Waals surface area contributed by atoms with E-state index in [9.17, 15) is 0 Å². The van der Waals surface area contributed by atoms with Crippen LogP contribution < -0.4 is 15.4 Å². The van der Waals surface area contributed by atoms with Crippen LogP contribution in [-0.4, -0.2) is 34.9 Å². The van der Waals surface area contributed by atoms with Crippen LogP contribution in [0.15, 0.2) is 29.3 Å². The van der Waals surface area contributed by atoms with Crippen molar-refractivity contribution in [1.82, 2.24) is 20.4 Å². The lowest BCUT2D eigenvalue weighted by molar-refractivity contribution is 0.223. The van der Waals surface area contributed by atoms with Crippen molar-refractivity contribution in [3.05, 3.63) is 46.8 Å². The fraction of sp³-hybridized carbons (Fsp3) is 0.500. The van der Waals surface area contributed by atoms with Crippen molar-refractivity contribution >= 4 is 5.96 Å². The highest BCUT2D eigenvalue weighted by molar-refractivity contribution is 5.79. The molecule has 1 unspecified atom stereocenters. The molecule has 0 aliphatic heterocycles. The Labute approximate surface area is 156 Å². The molecule has 1 aromatic heterocycles. The molecule has 0 aliphatic carbocycles. The van der Waals surface area contributed by atoms with Gasteiger partial charge in [0.1, 0.15) is 11.9 Å². The van der Waals surface area contributed by atoms with Crippen molar-refractivity contribution in [1.29, 1.82) is 0 Å². The summed E-state index contributed by atoms with van der Waals surface area (Å²) in [6, 6.07) is 8.10. The van der Waals surface area contributed by atoms with Crippen molar-refractivity contribution in [2.45, 2.75) is 47.3 Å². The van der Waals surface area contributed by atoms with Crippen LogP contribution in [0.3, 0.4) is 0 Å². The van der Waals surface area contributed by atoms with Gasteiger partial charge in [0.2, 0.25) is 0 Å². The minimum absolute atomic E-state index is 0.0301. The highest BCUT2D eigenvalue weighted by Crippen LogP contribution is 2.14. The van der Waals surface area contributed by atoms with Gasteiger partial charge >= 0.3 is 0 Å². The van der Waals surface area contributed by atoms with E-state index in [0.717, 1.165) is 29.6 Å². The molecule has 0 radical (unpaired) electrons. The number of benzene rings is 1. The van der Waals surface area contributed by atoms with Gasteiger partial charge in [-0.2, -0.15) is 5.10 Å². The number of hydrogen-bond acceptors (Lipinski definition) is 3. The van der Waals surface area contributed by atoms with Crippen LogP contribution in [0.25, 0.3) is 0 Å². The number of aryl methyl sites for hydroxylation is 3. The van der Waals surface area contributed by atoms with Gasteiger partial charge < -0.3 is 15.4 Å². The molecule has 0 fully saturated rings. The number of aliphatic imine (C=N–C) groups is 1. The summed E-state index contributed by atoms with van der Waals surface area (Å²) in [5, 5.41) is 11.1. The number of aromatic nitrogens is 2. The van der Waals surface area contributed by atoms with Crippen LogP contribution in [0.2, 0.25) is 0 Å². The van der Waals surface area contributed by atoms with Gasteiger partial charge in [0.15, 0.2) is 5.96 Å². The van der Waals surface area contributed by atoms with E-state index >= 15 is 0 Å². The second-order valence-electron chi connectivity index (χ2n) is 6.59. The Hall–Kier alpha value is -2.50. The van der Waals surface area contributed by atoms with Crippen LogP contribution in [0, 0.1) is 20.8 Å². The molecule has 0 saturated heterocycles. The number of nitrogens with one attached hydrogen (secondary N) is 2. The molecule has 1 atom stereocenters. The maximum atomic E-state index is 5.97. The second-order valence-corrected chi connectivity index (χ2v) is 6.59. The van der Waals surface area contributed by atoms with Crippen molar-refractivity contribution in [2.24, 2.45) is 12.0 Å². The van der Waals surface area contributed by atoms with Crippen LogP contribution in [-0.2, 0) is 13.6 Å². The summed E-state index contributed by atoms with van der Waals surface area (Å²) in [5.41, 5.74) is 4.55. The number of rotatable bonds is 7. The number of hydrogen-bond donors (Lipinski definition) is 2. The van der Waals surface area contributed by atoms with E-state index in [1.54, 1.807) is 0 Å². The van der Waals surface area contributed by atoms with Crippen LogP contribution in [0.1, 0.15) is 36.4 Å². The summed E-state index contributed by atoms with van der Waals surface area (Å²) in [5.74, 6) is 1.68. The zero-order valence-electron chi connectivity index (χ0n) is 16.8. The monoisotopic (exact) mass is 357 g/mol. The average Bonchev–Trinajstić information content (AvgIpc) is 2.83. The molecule has 6 nitrogen and oxygen atoms in total. The highest BCUT2D eigenvalue weighted by atomic mass is 16.5. The molecular formula is C20H31N5O. The van der Waals surface area contributed by atoms with Crippen molar-refractivity contribution in [2.75, 3.05) is 13.1 Å². The predicted octanol–water partition coefficient (Wildman–Crippen LogP) is 2.87. The standard InChI is InChI=1S/C20H31N5O/c1-7-21-20(23-13-19-16(4)24-25(6)17(19)5)22-12-15(3)26-18-10-8-9-14(2)11-18/h8-11,15H,7,12-13H2,1-6H3,(H2,21,22,23). The number of guanidine groups is 1. The normalized spacial score (nSPS) is 12.8. The molecule has 1 heterocycles. The molecule has 142 valence electrons. The first-order valence-corrected chi connectivity index (χ1v) is 9.15. The molecule has 0 aliphatic rings. The summed E-state index contributed by atoms with van der Waals surface area (Å²) in [6.07, 6.45) is 0.0301. The maximum Gasteiger partial charge on any atom is 0.191 e. The zero-order chi connectivity index (χ0) is 19.1. The zero-order valence-corrected chi connectivity index (χ0v) is 16.8. The average molecular weight is 358 g/mol. The van der Waals surface area contributed by atoms with E-state index in [0.29, 0.717) is 13.1 Å². The fourth-order valence-electron chi connectivity index (χ4n) is 2.75. The lowest BCUT2D eigenvalue weighted by atomic mass is 10.2. The van der Waals surface area contributed by atoms with Crippen molar-refractivity contribution in [3.8, 4) is 5.75 Å². The van der Waals surface area contributed by atoms with E-state index in [1.165, 1.54) is 11.1 Å². The first-order chi connectivity index (χ1) is 12.4. The molecular weight excluding hydrogens is 326 g/mol. The van der Waals surface area contributed by atoms with E-state index in [1.807, 2.05) is 43.8 Å². The number of ether oxygens (including phenoxy) is 1. The van der Waals surface area contributed by atoms with Crippen LogP contribution >= 0.6 is 0 Å². The fourth-order valence-corrected chi connectivity index (χ4v) is 2.75. The second kappa shape index (κ2) is 9.27. The van der Waals surface area contributed by atoms with Gasteiger partial charge in [-0.05, 0) is 52.3 Å². The van der Waals surface area contributed by atoms with Gasteiger partial charge in [-0.25, -0.2) is 4.99 Å². The van der Waals surface area contributed by atoms with Gasteiger partial charge in [0.05, 0.1) is 18.8 Å². The van der Waals surface area contributed by atoms with E-state index in [-0.39, 0.29) is 6.10 Å². The molecule has 2 aromatic rings. The van der Waals surface area contributed by atoms with Gasteiger partial charge in [-0.3, -0.25) is 4.68 Å². The molecule has 2 rings (SSSR count). The summed E-state index contributed by atoms with van der Waals surface area (Å²) in [4.78, 5) is 4.70. The summed E-state index contributed by atoms with van der Waals surface area (Å²) >= 11 is 0. The topological polar surface area (TPSA) is 63.5 Å². The van der Waals surface area contributed by atoms with Crippen LogP contribution in [0.5, 0.6) is 5.75 Å². The van der Waals surface area contributed by atoms with Gasteiger partial charge in [0.25, 0.3) is 0 Å². The maximum absolute atomic E-state index is 5.97. The lowest BCUT2D eigenvalue weighted by Gasteiger charge is -2.18. The van der Waals surface area contributed by atoms with E-state index in [4.69, 9.17) is 9.73 Å². The van der Waals surface area contributed by atoms with Crippen LogP contribution in [0.4, 0.5) is 0 Å². The molecule has 26 heavy (non-hydrogen) atoms. The Morgan fingerprint density at radius 1 is 1.27 bits per heavy atom. The minimum Gasteiger partial charge on any atom is -0.489 e. The molecule has 6 heteroatoms. The third-order valence-electron chi connectivity index (χ3n) is 4.28. The Balaban J connectivity index is 1.94. The third-order valence-corrected chi connectivity index (χ3v) is 4.28. The SMILES string of the molecule is CCNC(=NCc1c(C)nn(C)c1C)NCC(C)Oc1cccc(C)c1. The van der Waals surface area contributed by atoms with Gasteiger partial charge in [0, 0.05) is 24.8 Å². The van der Waals surface area contributed by atoms with Gasteiger partial charge in [-0.15, -0.1) is 0 Å². The highest BCUT2D eigenvalue weighted by Gasteiger charge is 2.10. The Morgan fingerprint density at radius 3 is 2.65 bits per heavy atom. The smallest absolute Gasteiger partial charge is 0.191 e. The molecule has 0 bridgehead atoms. The van der Waals surface area contributed by atoms with Crippen molar-refractivity contribution < 1.29 is 4.74 Å². The number of nitrogens with zero attached hydrogens (tertiary/aromatic N) is 3. The lowest BCUT2D eigenvalue weighted by Crippen LogP contribution is -2.41. The first kappa shape index (κ1) is 19.8. The minimum atomic E-state index is 0.0301. The molecule has 0 spiro atoms. The largest absolute Gasteiger partial charge is 0.489 e. The van der Waals surface area contributed by atoms with Crippen molar-refractivity contribution in [3.63, 3.8) is 0 Å². The third kappa shape index (κ3) is 5.51. The Bertz CT molecular complexity index is 751. The van der Waals surface area contributed by atoms with E-state index < -0.39 is 0 Å². The predicted molar refractivity (Wildman–Crippen MR) is 107 cm³/mol. The molecule has 2 N–H and O–H groups in total. The molecule has 1 aromatic carbocycles. The summed E-state index contributed by atoms with van der Waals surface area (Å²) in [6.45, 7) is 12.4. The first-order valence-electron chi connectivity index (χ1n) is 9.15. The summed E-state index contributed by atoms with van der Waals surface area (Å²) < 4.78 is 7.87. The Kier molecular flexibility index (Phi) is 7.06. The Morgan fingerprint density at radius 2 is 2.04 bits per heavy atom. The molecule has 0 saturated carbocycles. The van der Waals surface area contributed by atoms with E-state index in [2.05, 4.69) is 42.6 Å². The van der Waals surface area contributed by atoms with Gasteiger partial charge in [-0.1, -0.05) is 12.1 Å². The summed E-state index contributed by atoms with van der Waals surface area (Å²) in [7, 11) is 1.96. The quantitative estimate of drug-likeness (QED) is 0.591.